The number of hydrogen-bond acceptors (Lipinski definition) is 5. The van der Waals surface area contributed by atoms with Gasteiger partial charge in [-0.2, -0.15) is 5.10 Å². The smallest absolute Gasteiger partial charge is 0.273 e. The summed E-state index contributed by atoms with van der Waals surface area (Å²) in [4.78, 5) is 15.4. The van der Waals surface area contributed by atoms with E-state index in [9.17, 15) is 9.90 Å². The van der Waals surface area contributed by atoms with Crippen molar-refractivity contribution in [2.24, 2.45) is 0 Å². The van der Waals surface area contributed by atoms with Crippen molar-refractivity contribution >= 4 is 17.5 Å². The lowest BCUT2D eigenvalue weighted by Crippen LogP contribution is -2.30. The Morgan fingerprint density at radius 1 is 1.03 bits per heavy atom. The zero-order valence-electron chi connectivity index (χ0n) is 21.1. The van der Waals surface area contributed by atoms with Crippen LogP contribution in [0.2, 0.25) is 5.02 Å². The van der Waals surface area contributed by atoms with Gasteiger partial charge in [0.25, 0.3) is 5.91 Å². The van der Waals surface area contributed by atoms with Gasteiger partial charge in [0, 0.05) is 22.7 Å². The molecule has 0 aliphatic carbocycles. The molecule has 192 valence electrons. The van der Waals surface area contributed by atoms with E-state index in [0.29, 0.717) is 53.2 Å². The average Bonchev–Trinajstić information content (AvgIpc) is 3.41. The topological polar surface area (TPSA) is 87.7 Å². The van der Waals surface area contributed by atoms with E-state index in [2.05, 4.69) is 24.0 Å². The van der Waals surface area contributed by atoms with E-state index >= 15 is 0 Å². The Balaban J connectivity index is 1.81. The molecule has 36 heavy (non-hydrogen) atoms. The van der Waals surface area contributed by atoms with Crippen LogP contribution in [0.4, 0.5) is 0 Å². The van der Waals surface area contributed by atoms with Crippen LogP contribution in [-0.2, 0) is 0 Å². The van der Waals surface area contributed by atoms with E-state index in [1.54, 1.807) is 18.2 Å². The van der Waals surface area contributed by atoms with E-state index in [0.717, 1.165) is 43.2 Å². The van der Waals surface area contributed by atoms with Gasteiger partial charge in [0.1, 0.15) is 17.1 Å². The number of aromatic amines is 1. The first kappa shape index (κ1) is 25.9. The van der Waals surface area contributed by atoms with Gasteiger partial charge in [-0.15, -0.1) is 0 Å². The summed E-state index contributed by atoms with van der Waals surface area (Å²) in [7, 11) is 0. The second-order valence-electron chi connectivity index (χ2n) is 8.97. The number of phenols is 1. The van der Waals surface area contributed by atoms with Gasteiger partial charge in [0.15, 0.2) is 11.5 Å². The minimum Gasteiger partial charge on any atom is -0.507 e. The van der Waals surface area contributed by atoms with Gasteiger partial charge in [-0.05, 0) is 55.7 Å². The van der Waals surface area contributed by atoms with Crippen molar-refractivity contribution in [2.75, 3.05) is 19.8 Å². The normalized spacial score (nSPS) is 14.8. The number of fused-ring (bicyclic) bond motifs is 1. The highest BCUT2D eigenvalue weighted by Gasteiger charge is 2.42. The number of hydrogen-bond donors (Lipinski definition) is 2. The van der Waals surface area contributed by atoms with Crippen molar-refractivity contribution in [3.63, 3.8) is 0 Å². The van der Waals surface area contributed by atoms with Crippen LogP contribution in [0, 0.1) is 0 Å². The number of nitrogens with one attached hydrogen (secondary N) is 1. The van der Waals surface area contributed by atoms with Gasteiger partial charge in [0.05, 0.1) is 19.3 Å². The molecule has 0 saturated carbocycles. The molecule has 0 spiro atoms. The molecule has 2 heterocycles. The first-order valence-electron chi connectivity index (χ1n) is 12.8. The highest BCUT2D eigenvalue weighted by atomic mass is 35.5. The SMILES string of the molecule is CCCCCN1C(=O)c2[nH]nc(-c3cc(Cl)ccc3O)c2C1c1ccc(OCCCC)c(OCC)c1. The van der Waals surface area contributed by atoms with E-state index in [-0.39, 0.29) is 17.7 Å². The second kappa shape index (κ2) is 11.7. The number of rotatable bonds is 12. The summed E-state index contributed by atoms with van der Waals surface area (Å²) in [5.74, 6) is 1.29. The largest absolute Gasteiger partial charge is 0.507 e. The molecule has 4 rings (SSSR count). The maximum Gasteiger partial charge on any atom is 0.273 e. The minimum atomic E-state index is -0.389. The van der Waals surface area contributed by atoms with Crippen molar-refractivity contribution in [3.05, 3.63) is 58.2 Å². The molecule has 1 aliphatic heterocycles. The molecule has 1 aliphatic rings. The highest BCUT2D eigenvalue weighted by Crippen LogP contribution is 2.46. The Morgan fingerprint density at radius 2 is 1.83 bits per heavy atom. The van der Waals surface area contributed by atoms with Crippen molar-refractivity contribution < 1.29 is 19.4 Å². The number of amides is 1. The van der Waals surface area contributed by atoms with Gasteiger partial charge in [-0.25, -0.2) is 0 Å². The zero-order chi connectivity index (χ0) is 25.7. The lowest BCUT2D eigenvalue weighted by molar-refractivity contribution is 0.0740. The van der Waals surface area contributed by atoms with Gasteiger partial charge in [-0.3, -0.25) is 9.89 Å². The molecule has 0 saturated heterocycles. The molecule has 2 aromatic carbocycles. The van der Waals surface area contributed by atoms with Crippen LogP contribution >= 0.6 is 11.6 Å². The summed E-state index contributed by atoms with van der Waals surface area (Å²) < 4.78 is 11.9. The van der Waals surface area contributed by atoms with Crippen LogP contribution in [-0.4, -0.2) is 45.9 Å². The molecule has 2 N–H and O–H groups in total. The Bertz CT molecular complexity index is 1210. The maximum atomic E-state index is 13.5. The number of benzene rings is 2. The molecule has 7 nitrogen and oxygen atoms in total. The standard InChI is InChI=1S/C28H34ClN3O4/c1-4-7-9-14-32-27(18-10-13-22(36-15-8-5-2)23(16-18)35-6-3)24-25(30-31-26(24)28(32)34)20-17-19(29)11-12-21(20)33/h10-13,16-17,27,33H,4-9,14-15H2,1-3H3,(H,30,31). The van der Waals surface area contributed by atoms with E-state index < -0.39 is 0 Å². The fourth-order valence-corrected chi connectivity index (χ4v) is 4.79. The second-order valence-corrected chi connectivity index (χ2v) is 9.41. The summed E-state index contributed by atoms with van der Waals surface area (Å²) in [6.07, 6.45) is 4.98. The third-order valence-corrected chi connectivity index (χ3v) is 6.65. The Hall–Kier alpha value is -3.19. The summed E-state index contributed by atoms with van der Waals surface area (Å²) in [6.45, 7) is 7.92. The molecule has 3 aromatic rings. The lowest BCUT2D eigenvalue weighted by Gasteiger charge is -2.27. The first-order valence-corrected chi connectivity index (χ1v) is 13.2. The zero-order valence-corrected chi connectivity index (χ0v) is 21.9. The molecule has 1 atom stereocenters. The third-order valence-electron chi connectivity index (χ3n) is 6.42. The van der Waals surface area contributed by atoms with Crippen LogP contribution < -0.4 is 9.47 Å². The van der Waals surface area contributed by atoms with Crippen molar-refractivity contribution in [1.29, 1.82) is 0 Å². The number of H-pyrrole nitrogens is 1. The van der Waals surface area contributed by atoms with Crippen LogP contribution in [0.3, 0.4) is 0 Å². The van der Waals surface area contributed by atoms with E-state index in [1.165, 1.54) is 0 Å². The van der Waals surface area contributed by atoms with Crippen LogP contribution in [0.15, 0.2) is 36.4 Å². The Kier molecular flexibility index (Phi) is 8.41. The maximum absolute atomic E-state index is 13.5. The van der Waals surface area contributed by atoms with Gasteiger partial charge >= 0.3 is 0 Å². The number of aromatic hydroxyl groups is 1. The van der Waals surface area contributed by atoms with Crippen LogP contribution in [0.1, 0.15) is 80.5 Å². The monoisotopic (exact) mass is 511 g/mol. The predicted molar refractivity (Wildman–Crippen MR) is 141 cm³/mol. The summed E-state index contributed by atoms with van der Waals surface area (Å²) in [5, 5.41) is 18.5. The quantitative estimate of drug-likeness (QED) is 0.263. The molecule has 1 aromatic heterocycles. The number of ether oxygens (including phenoxy) is 2. The average molecular weight is 512 g/mol. The number of phenolic OH excluding ortho intramolecular Hbond substituents is 1. The number of unbranched alkanes of at least 4 members (excludes halogenated alkanes) is 3. The molecule has 0 bridgehead atoms. The van der Waals surface area contributed by atoms with Gasteiger partial charge in [-0.1, -0.05) is 50.8 Å². The summed E-state index contributed by atoms with van der Waals surface area (Å²) >= 11 is 6.25. The number of aromatic nitrogens is 2. The summed E-state index contributed by atoms with van der Waals surface area (Å²) in [5.41, 5.74) is 3.07. The first-order chi connectivity index (χ1) is 17.5. The third kappa shape index (κ3) is 5.16. The molecule has 1 amide bonds. The summed E-state index contributed by atoms with van der Waals surface area (Å²) in [6, 6.07) is 10.3. The molecular weight excluding hydrogens is 478 g/mol. The van der Waals surface area contributed by atoms with E-state index in [4.69, 9.17) is 21.1 Å². The molecule has 8 heteroatoms. The lowest BCUT2D eigenvalue weighted by atomic mass is 9.95. The minimum absolute atomic E-state index is 0.0546. The molecular formula is C28H34ClN3O4. The van der Waals surface area contributed by atoms with Gasteiger partial charge in [0.2, 0.25) is 0 Å². The fourth-order valence-electron chi connectivity index (χ4n) is 4.62. The predicted octanol–water partition coefficient (Wildman–Crippen LogP) is 6.75. The molecule has 0 radical (unpaired) electrons. The number of nitrogens with zero attached hydrogens (tertiary/aromatic N) is 2. The van der Waals surface area contributed by atoms with E-state index in [1.807, 2.05) is 30.0 Å². The molecule has 0 fully saturated rings. The number of halogens is 1. The number of carbonyl (C=O) groups excluding carboxylic acids is 1. The Morgan fingerprint density at radius 3 is 2.58 bits per heavy atom. The molecule has 1 unspecified atom stereocenters. The Labute approximate surface area is 217 Å². The fraction of sp³-hybridized carbons (Fsp3) is 0.429. The van der Waals surface area contributed by atoms with Gasteiger partial charge < -0.3 is 19.5 Å². The highest BCUT2D eigenvalue weighted by molar-refractivity contribution is 6.31. The van der Waals surface area contributed by atoms with Crippen LogP contribution in [0.5, 0.6) is 17.2 Å². The number of carbonyl (C=O) groups is 1. The van der Waals surface area contributed by atoms with Crippen molar-refractivity contribution in [3.8, 4) is 28.5 Å². The van der Waals surface area contributed by atoms with Crippen LogP contribution in [0.25, 0.3) is 11.3 Å². The van der Waals surface area contributed by atoms with Crippen molar-refractivity contribution in [1.82, 2.24) is 15.1 Å². The van der Waals surface area contributed by atoms with Crippen molar-refractivity contribution in [2.45, 2.75) is 58.9 Å².